The van der Waals surface area contributed by atoms with Gasteiger partial charge in [-0.2, -0.15) is 4.98 Å². The van der Waals surface area contributed by atoms with Crippen LogP contribution in [0, 0.1) is 0 Å². The minimum Gasteiger partial charge on any atom is -0.454 e. The van der Waals surface area contributed by atoms with Crippen molar-refractivity contribution in [1.29, 1.82) is 0 Å². The molecule has 9 heteroatoms. The SMILES string of the molecule is c1cc(Nc2ccc3c(c2)OCO3)nc(N2CCN(Cc3ccc4c(c3)OCO4)CC2)n1. The van der Waals surface area contributed by atoms with Crippen LogP contribution >= 0.6 is 0 Å². The zero-order chi connectivity index (χ0) is 21.3. The fourth-order valence-electron chi connectivity index (χ4n) is 4.10. The van der Waals surface area contributed by atoms with Gasteiger partial charge in [0.25, 0.3) is 0 Å². The van der Waals surface area contributed by atoms with Crippen LogP contribution < -0.4 is 29.2 Å². The lowest BCUT2D eigenvalue weighted by atomic mass is 10.1. The Morgan fingerprint density at radius 2 is 1.50 bits per heavy atom. The molecule has 3 aliphatic rings. The maximum absolute atomic E-state index is 5.49. The maximum atomic E-state index is 5.49. The molecule has 1 N–H and O–H groups in total. The number of ether oxygens (including phenoxy) is 4. The largest absolute Gasteiger partial charge is 0.454 e. The molecule has 9 nitrogen and oxygen atoms in total. The second kappa shape index (κ2) is 8.08. The molecule has 2 aromatic carbocycles. The van der Waals surface area contributed by atoms with E-state index in [2.05, 4.69) is 32.2 Å². The van der Waals surface area contributed by atoms with Gasteiger partial charge in [-0.1, -0.05) is 6.07 Å². The number of hydrogen-bond donors (Lipinski definition) is 1. The quantitative estimate of drug-likeness (QED) is 0.653. The smallest absolute Gasteiger partial charge is 0.231 e. The van der Waals surface area contributed by atoms with E-state index < -0.39 is 0 Å². The molecule has 0 aliphatic carbocycles. The number of fused-ring (bicyclic) bond motifs is 2. The Labute approximate surface area is 185 Å². The molecule has 6 rings (SSSR count). The van der Waals surface area contributed by atoms with E-state index in [0.29, 0.717) is 6.79 Å². The maximum Gasteiger partial charge on any atom is 0.231 e. The summed E-state index contributed by atoms with van der Waals surface area (Å²) in [4.78, 5) is 13.9. The third-order valence-electron chi connectivity index (χ3n) is 5.79. The van der Waals surface area contributed by atoms with E-state index in [-0.39, 0.29) is 6.79 Å². The minimum atomic E-state index is 0.261. The van der Waals surface area contributed by atoms with Crippen molar-refractivity contribution in [3.8, 4) is 23.0 Å². The van der Waals surface area contributed by atoms with Gasteiger partial charge in [0.15, 0.2) is 23.0 Å². The summed E-state index contributed by atoms with van der Waals surface area (Å²) in [5.41, 5.74) is 2.13. The van der Waals surface area contributed by atoms with Crippen LogP contribution in [0.2, 0.25) is 0 Å². The second-order valence-electron chi connectivity index (χ2n) is 7.89. The van der Waals surface area contributed by atoms with Crippen molar-refractivity contribution in [2.75, 3.05) is 50.0 Å². The van der Waals surface area contributed by atoms with Crippen molar-refractivity contribution in [3.63, 3.8) is 0 Å². The lowest BCUT2D eigenvalue weighted by Gasteiger charge is -2.34. The summed E-state index contributed by atoms with van der Waals surface area (Å²) in [6, 6.07) is 13.8. The Hall–Kier alpha value is -3.72. The second-order valence-corrected chi connectivity index (χ2v) is 7.89. The highest BCUT2D eigenvalue weighted by Gasteiger charge is 2.21. The van der Waals surface area contributed by atoms with Crippen molar-refractivity contribution in [3.05, 3.63) is 54.2 Å². The molecule has 0 atom stereocenters. The Kier molecular flexibility index (Phi) is 4.80. The predicted molar refractivity (Wildman–Crippen MR) is 118 cm³/mol. The van der Waals surface area contributed by atoms with Gasteiger partial charge in [0.2, 0.25) is 19.5 Å². The highest BCUT2D eigenvalue weighted by atomic mass is 16.7. The Morgan fingerprint density at radius 3 is 2.31 bits per heavy atom. The van der Waals surface area contributed by atoms with Crippen LogP contribution in [-0.2, 0) is 6.54 Å². The van der Waals surface area contributed by atoms with Gasteiger partial charge < -0.3 is 29.2 Å². The summed E-state index contributed by atoms with van der Waals surface area (Å²) in [7, 11) is 0. The molecule has 3 aliphatic heterocycles. The molecule has 1 aromatic heterocycles. The van der Waals surface area contributed by atoms with E-state index in [1.54, 1.807) is 6.20 Å². The normalized spacial score (nSPS) is 16.9. The Bertz CT molecular complexity index is 1130. The molecular formula is C23H23N5O4. The van der Waals surface area contributed by atoms with E-state index in [1.165, 1.54) is 5.56 Å². The summed E-state index contributed by atoms with van der Waals surface area (Å²) in [6.07, 6.45) is 1.79. The fourth-order valence-corrected chi connectivity index (χ4v) is 4.10. The molecule has 3 aromatic rings. The standard InChI is InChI=1S/C23H23N5O4/c1-3-18-20(31-14-29-18)11-16(1)13-27-7-9-28(10-8-27)23-24-6-5-22(26-23)25-17-2-4-19-21(12-17)32-15-30-19/h1-6,11-12H,7-10,13-15H2,(H,24,25,26). The van der Waals surface area contributed by atoms with Crippen molar-refractivity contribution < 1.29 is 18.9 Å². The average molecular weight is 433 g/mol. The lowest BCUT2D eigenvalue weighted by molar-refractivity contribution is 0.173. The molecule has 1 saturated heterocycles. The zero-order valence-corrected chi connectivity index (χ0v) is 17.5. The van der Waals surface area contributed by atoms with Gasteiger partial charge in [-0.25, -0.2) is 4.98 Å². The number of benzene rings is 2. The number of anilines is 3. The third-order valence-corrected chi connectivity index (χ3v) is 5.79. The molecule has 32 heavy (non-hydrogen) atoms. The summed E-state index contributed by atoms with van der Waals surface area (Å²) >= 11 is 0. The predicted octanol–water partition coefficient (Wildman–Crippen LogP) is 3.00. The first kappa shape index (κ1) is 19.0. The molecular weight excluding hydrogens is 410 g/mol. The van der Waals surface area contributed by atoms with Crippen LogP contribution in [0.15, 0.2) is 48.7 Å². The topological polar surface area (TPSA) is 81.2 Å². The first-order valence-corrected chi connectivity index (χ1v) is 10.7. The van der Waals surface area contributed by atoms with Crippen LogP contribution in [0.3, 0.4) is 0 Å². The fraction of sp³-hybridized carbons (Fsp3) is 0.304. The molecule has 164 valence electrons. The summed E-state index contributed by atoms with van der Waals surface area (Å²) < 4.78 is 21.7. The molecule has 4 heterocycles. The number of piperazine rings is 1. The first-order valence-electron chi connectivity index (χ1n) is 10.7. The van der Waals surface area contributed by atoms with Crippen LogP contribution in [-0.4, -0.2) is 54.6 Å². The van der Waals surface area contributed by atoms with E-state index in [9.17, 15) is 0 Å². The Morgan fingerprint density at radius 1 is 0.781 bits per heavy atom. The Balaban J connectivity index is 1.07. The van der Waals surface area contributed by atoms with Gasteiger partial charge in [-0.3, -0.25) is 4.90 Å². The monoisotopic (exact) mass is 433 g/mol. The van der Waals surface area contributed by atoms with Crippen LogP contribution in [0.4, 0.5) is 17.5 Å². The van der Waals surface area contributed by atoms with Crippen LogP contribution in [0.5, 0.6) is 23.0 Å². The lowest BCUT2D eigenvalue weighted by Crippen LogP contribution is -2.46. The van der Waals surface area contributed by atoms with Gasteiger partial charge in [0, 0.05) is 50.7 Å². The number of rotatable bonds is 5. The average Bonchev–Trinajstić information content (AvgIpc) is 3.48. The third kappa shape index (κ3) is 3.82. The highest BCUT2D eigenvalue weighted by molar-refractivity contribution is 5.62. The molecule has 0 bridgehead atoms. The molecule has 0 amide bonds. The molecule has 0 spiro atoms. The van der Waals surface area contributed by atoms with E-state index in [1.807, 2.05) is 30.3 Å². The van der Waals surface area contributed by atoms with Gasteiger partial charge >= 0.3 is 0 Å². The summed E-state index contributed by atoms with van der Waals surface area (Å²) in [6.45, 7) is 5.08. The van der Waals surface area contributed by atoms with E-state index >= 15 is 0 Å². The molecule has 0 unspecified atom stereocenters. The summed E-state index contributed by atoms with van der Waals surface area (Å²) in [5, 5.41) is 3.33. The number of nitrogens with zero attached hydrogens (tertiary/aromatic N) is 4. The molecule has 0 saturated carbocycles. The van der Waals surface area contributed by atoms with Crippen molar-refractivity contribution in [2.24, 2.45) is 0 Å². The first-order chi connectivity index (χ1) is 15.8. The van der Waals surface area contributed by atoms with Crippen molar-refractivity contribution in [2.45, 2.75) is 6.54 Å². The van der Waals surface area contributed by atoms with Crippen molar-refractivity contribution >= 4 is 17.5 Å². The minimum absolute atomic E-state index is 0.261. The number of nitrogens with one attached hydrogen (secondary N) is 1. The zero-order valence-electron chi connectivity index (χ0n) is 17.5. The molecule has 1 fully saturated rings. The highest BCUT2D eigenvalue weighted by Crippen LogP contribution is 2.35. The van der Waals surface area contributed by atoms with E-state index in [4.69, 9.17) is 23.9 Å². The number of hydrogen-bond acceptors (Lipinski definition) is 9. The van der Waals surface area contributed by atoms with Crippen LogP contribution in [0.1, 0.15) is 5.56 Å². The van der Waals surface area contributed by atoms with Gasteiger partial charge in [-0.05, 0) is 35.9 Å². The van der Waals surface area contributed by atoms with Crippen LogP contribution in [0.25, 0.3) is 0 Å². The van der Waals surface area contributed by atoms with Crippen molar-refractivity contribution in [1.82, 2.24) is 14.9 Å². The molecule has 0 radical (unpaired) electrons. The number of aromatic nitrogens is 2. The summed E-state index contributed by atoms with van der Waals surface area (Å²) in [5.74, 6) is 4.64. The van der Waals surface area contributed by atoms with Gasteiger partial charge in [0.05, 0.1) is 0 Å². The van der Waals surface area contributed by atoms with Gasteiger partial charge in [-0.15, -0.1) is 0 Å². The van der Waals surface area contributed by atoms with E-state index in [0.717, 1.165) is 73.2 Å². The van der Waals surface area contributed by atoms with Gasteiger partial charge in [0.1, 0.15) is 5.82 Å².